The van der Waals surface area contributed by atoms with Crippen molar-refractivity contribution in [3.8, 4) is 0 Å². The first-order chi connectivity index (χ1) is 14.8. The Balaban J connectivity index is 1.22. The van der Waals surface area contributed by atoms with Gasteiger partial charge in [-0.15, -0.1) is 0 Å². The second-order valence-corrected chi connectivity index (χ2v) is 8.36. The van der Waals surface area contributed by atoms with Gasteiger partial charge in [-0.1, -0.05) is 13.0 Å². The van der Waals surface area contributed by atoms with Gasteiger partial charge >= 0.3 is 0 Å². The number of piperidine rings is 1. The summed E-state index contributed by atoms with van der Waals surface area (Å²) < 4.78 is 1.90. The molecule has 8 nitrogen and oxygen atoms in total. The van der Waals surface area contributed by atoms with Crippen LogP contribution in [0.25, 0.3) is 5.78 Å². The molecular formula is C22H30N8. The molecule has 1 atom stereocenters. The van der Waals surface area contributed by atoms with Gasteiger partial charge < -0.3 is 9.80 Å². The Morgan fingerprint density at radius 1 is 1.03 bits per heavy atom. The Bertz CT molecular complexity index is 964. The number of fused-ring (bicyclic) bond motifs is 1. The van der Waals surface area contributed by atoms with E-state index in [1.165, 1.54) is 19.4 Å². The molecule has 0 spiro atoms. The molecule has 2 fully saturated rings. The normalized spacial score (nSPS) is 20.8. The monoisotopic (exact) mass is 406 g/mol. The van der Waals surface area contributed by atoms with Crippen molar-refractivity contribution in [2.45, 2.75) is 26.2 Å². The Labute approximate surface area is 177 Å². The van der Waals surface area contributed by atoms with Crippen molar-refractivity contribution in [2.75, 3.05) is 55.6 Å². The van der Waals surface area contributed by atoms with Crippen molar-refractivity contribution in [2.24, 2.45) is 5.92 Å². The first-order valence-corrected chi connectivity index (χ1v) is 11.1. The molecule has 2 aliphatic heterocycles. The average Bonchev–Trinajstić information content (AvgIpc) is 3.28. The van der Waals surface area contributed by atoms with Crippen LogP contribution in [0.2, 0.25) is 0 Å². The van der Waals surface area contributed by atoms with Crippen molar-refractivity contribution >= 4 is 17.4 Å². The summed E-state index contributed by atoms with van der Waals surface area (Å²) in [4.78, 5) is 20.9. The maximum absolute atomic E-state index is 4.60. The molecule has 0 saturated carbocycles. The number of hydrogen-bond donors (Lipinski definition) is 0. The molecule has 3 aromatic rings. The maximum atomic E-state index is 4.60. The molecule has 1 unspecified atom stereocenters. The smallest absolute Gasteiger partial charge is 0.254 e. The fourth-order valence-electron chi connectivity index (χ4n) is 4.74. The Kier molecular flexibility index (Phi) is 5.48. The third-order valence-electron chi connectivity index (χ3n) is 6.35. The summed E-state index contributed by atoms with van der Waals surface area (Å²) in [6.07, 6.45) is 6.91. The lowest BCUT2D eigenvalue weighted by Gasteiger charge is -2.40. The summed E-state index contributed by atoms with van der Waals surface area (Å²) in [5.74, 6) is 3.62. The number of nitrogens with zero attached hydrogens (tertiary/aromatic N) is 8. The predicted molar refractivity (Wildman–Crippen MR) is 118 cm³/mol. The van der Waals surface area contributed by atoms with Crippen molar-refractivity contribution in [1.82, 2.24) is 29.5 Å². The highest BCUT2D eigenvalue weighted by atomic mass is 15.4. The van der Waals surface area contributed by atoms with Crippen LogP contribution in [0.1, 0.15) is 25.5 Å². The molecule has 2 aliphatic rings. The number of pyridine rings is 1. The molecule has 0 aromatic carbocycles. The van der Waals surface area contributed by atoms with Crippen LogP contribution in [0, 0.1) is 5.92 Å². The van der Waals surface area contributed by atoms with Gasteiger partial charge in [0.25, 0.3) is 5.78 Å². The first-order valence-electron chi connectivity index (χ1n) is 11.1. The predicted octanol–water partition coefficient (Wildman–Crippen LogP) is 2.12. The quantitative estimate of drug-likeness (QED) is 0.643. The summed E-state index contributed by atoms with van der Waals surface area (Å²) in [6.45, 7) is 9.77. The van der Waals surface area contributed by atoms with E-state index in [-0.39, 0.29) is 0 Å². The van der Waals surface area contributed by atoms with Gasteiger partial charge in [0.05, 0.1) is 0 Å². The van der Waals surface area contributed by atoms with E-state index in [1.54, 1.807) is 6.33 Å². The molecule has 0 aliphatic carbocycles. The lowest BCUT2D eigenvalue weighted by molar-refractivity contribution is 0.205. The van der Waals surface area contributed by atoms with Crippen LogP contribution >= 0.6 is 0 Å². The van der Waals surface area contributed by atoms with Crippen molar-refractivity contribution in [3.63, 3.8) is 0 Å². The summed E-state index contributed by atoms with van der Waals surface area (Å²) in [7, 11) is 0. The van der Waals surface area contributed by atoms with Crippen molar-refractivity contribution in [1.29, 1.82) is 0 Å². The molecule has 30 heavy (non-hydrogen) atoms. The average molecular weight is 407 g/mol. The van der Waals surface area contributed by atoms with E-state index >= 15 is 0 Å². The second kappa shape index (κ2) is 8.55. The van der Waals surface area contributed by atoms with Gasteiger partial charge in [-0.2, -0.15) is 14.6 Å². The standard InChI is InChI=1S/C22H30N8/c1-2-19-14-21(30-22(26-19)24-17-25-30)29-9-5-6-18(16-29)15-27-10-12-28(13-11-27)20-7-3-4-8-23-20/h3-4,7-8,14,17-18H,2,5-6,9-13,15-16H2,1H3. The van der Waals surface area contributed by atoms with Gasteiger partial charge in [0, 0.05) is 63.8 Å². The summed E-state index contributed by atoms with van der Waals surface area (Å²) >= 11 is 0. The molecule has 8 heteroatoms. The third-order valence-corrected chi connectivity index (χ3v) is 6.35. The van der Waals surface area contributed by atoms with Crippen LogP contribution in [-0.4, -0.2) is 75.3 Å². The van der Waals surface area contributed by atoms with Crippen molar-refractivity contribution < 1.29 is 0 Å². The van der Waals surface area contributed by atoms with Crippen LogP contribution in [0.3, 0.4) is 0 Å². The van der Waals surface area contributed by atoms with Gasteiger partial charge in [0.2, 0.25) is 0 Å². The van der Waals surface area contributed by atoms with E-state index in [0.29, 0.717) is 11.7 Å². The van der Waals surface area contributed by atoms with Gasteiger partial charge in [0.15, 0.2) is 0 Å². The van der Waals surface area contributed by atoms with Crippen LogP contribution in [0.5, 0.6) is 0 Å². The zero-order valence-corrected chi connectivity index (χ0v) is 17.7. The number of aromatic nitrogens is 5. The SMILES string of the molecule is CCc1cc(N2CCCC(CN3CCN(c4ccccn4)CC3)C2)n2ncnc2n1. The van der Waals surface area contributed by atoms with E-state index in [1.807, 2.05) is 16.8 Å². The molecule has 3 aromatic heterocycles. The molecule has 2 saturated heterocycles. The Hall–Kier alpha value is -2.74. The number of anilines is 2. The van der Waals surface area contributed by atoms with Crippen molar-refractivity contribution in [3.05, 3.63) is 42.5 Å². The lowest BCUT2D eigenvalue weighted by Crippen LogP contribution is -2.50. The van der Waals surface area contributed by atoms with Gasteiger partial charge in [-0.3, -0.25) is 4.90 Å². The molecule has 5 heterocycles. The topological polar surface area (TPSA) is 65.7 Å². The zero-order valence-electron chi connectivity index (χ0n) is 17.7. The van der Waals surface area contributed by atoms with Crippen LogP contribution in [0.15, 0.2) is 36.8 Å². The molecular weight excluding hydrogens is 376 g/mol. The third kappa shape index (κ3) is 3.96. The second-order valence-electron chi connectivity index (χ2n) is 8.36. The Morgan fingerprint density at radius 3 is 2.73 bits per heavy atom. The van der Waals surface area contributed by atoms with E-state index in [9.17, 15) is 0 Å². The van der Waals surface area contributed by atoms with Gasteiger partial charge in [-0.25, -0.2) is 9.97 Å². The summed E-state index contributed by atoms with van der Waals surface area (Å²) in [5, 5.41) is 4.43. The number of hydrogen-bond acceptors (Lipinski definition) is 7. The number of piperazine rings is 1. The minimum absolute atomic E-state index is 0.678. The number of aryl methyl sites for hydroxylation is 1. The maximum Gasteiger partial charge on any atom is 0.254 e. The summed E-state index contributed by atoms with van der Waals surface area (Å²) in [5.41, 5.74) is 1.08. The molecule has 0 bridgehead atoms. The van der Waals surface area contributed by atoms with E-state index < -0.39 is 0 Å². The lowest BCUT2D eigenvalue weighted by atomic mass is 9.97. The van der Waals surface area contributed by atoms with Gasteiger partial charge in [0.1, 0.15) is 18.0 Å². The molecule has 0 N–H and O–H groups in total. The van der Waals surface area contributed by atoms with E-state index in [2.05, 4.69) is 59.9 Å². The van der Waals surface area contributed by atoms with Crippen LogP contribution < -0.4 is 9.80 Å². The molecule has 0 radical (unpaired) electrons. The molecule has 0 amide bonds. The van der Waals surface area contributed by atoms with E-state index in [0.717, 1.165) is 63.0 Å². The number of rotatable bonds is 5. The highest BCUT2D eigenvalue weighted by Gasteiger charge is 2.26. The molecule has 5 rings (SSSR count). The summed E-state index contributed by atoms with van der Waals surface area (Å²) in [6, 6.07) is 8.35. The Morgan fingerprint density at radius 2 is 1.93 bits per heavy atom. The zero-order chi connectivity index (χ0) is 20.3. The van der Waals surface area contributed by atoms with E-state index in [4.69, 9.17) is 0 Å². The van der Waals surface area contributed by atoms with Crippen LogP contribution in [0.4, 0.5) is 11.6 Å². The fourth-order valence-corrected chi connectivity index (χ4v) is 4.74. The minimum atomic E-state index is 0.678. The molecule has 158 valence electrons. The minimum Gasteiger partial charge on any atom is -0.356 e. The highest BCUT2D eigenvalue weighted by molar-refractivity contribution is 5.47. The fraction of sp³-hybridized carbons (Fsp3) is 0.545. The largest absolute Gasteiger partial charge is 0.356 e. The van der Waals surface area contributed by atoms with Crippen LogP contribution in [-0.2, 0) is 6.42 Å². The van der Waals surface area contributed by atoms with Gasteiger partial charge in [-0.05, 0) is 37.3 Å². The first kappa shape index (κ1) is 19.2. The highest BCUT2D eigenvalue weighted by Crippen LogP contribution is 2.25.